The van der Waals surface area contributed by atoms with Gasteiger partial charge in [-0.1, -0.05) is 41.9 Å². The third-order valence-corrected chi connectivity index (χ3v) is 6.74. The second-order valence-electron chi connectivity index (χ2n) is 7.18. The molecule has 0 aliphatic carbocycles. The number of thiophene rings is 1. The fourth-order valence-electron chi connectivity index (χ4n) is 3.85. The van der Waals surface area contributed by atoms with Crippen molar-refractivity contribution in [3.63, 3.8) is 0 Å². The predicted molar refractivity (Wildman–Crippen MR) is 119 cm³/mol. The molecule has 4 aromatic rings. The van der Waals surface area contributed by atoms with E-state index in [1.54, 1.807) is 0 Å². The van der Waals surface area contributed by atoms with Gasteiger partial charge in [-0.25, -0.2) is 0 Å². The number of ether oxygens (including phenoxy) is 1. The number of rotatable bonds is 4. The lowest BCUT2D eigenvalue weighted by molar-refractivity contribution is 0.0861. The van der Waals surface area contributed by atoms with Crippen molar-refractivity contribution in [3.05, 3.63) is 64.6 Å². The van der Waals surface area contributed by atoms with Gasteiger partial charge in [0.15, 0.2) is 0 Å². The van der Waals surface area contributed by atoms with Crippen molar-refractivity contribution in [3.8, 4) is 11.1 Å². The molecular weight excluding hydrogens is 404 g/mol. The van der Waals surface area contributed by atoms with Gasteiger partial charge in [0.25, 0.3) is 5.91 Å². The summed E-state index contributed by atoms with van der Waals surface area (Å²) in [5, 5.41) is 5.67. The van der Waals surface area contributed by atoms with Crippen molar-refractivity contribution in [1.82, 2.24) is 10.3 Å². The standard InChI is InChI=1S/C23H19ClN2O2S/c24-15-8-9-19-17(11-15)21-18(13-25-19)20(14-5-2-1-3-6-14)22(29-21)23(27)26-12-16-7-4-10-28-16/h1-3,5-6,8-9,11,13,16H,4,7,10,12H2,(H,26,27)/t16-/m1/s1. The monoisotopic (exact) mass is 422 g/mol. The van der Waals surface area contributed by atoms with Crippen LogP contribution >= 0.6 is 22.9 Å². The van der Waals surface area contributed by atoms with Crippen LogP contribution in [0.4, 0.5) is 0 Å². The Bertz CT molecular complexity index is 1200. The van der Waals surface area contributed by atoms with Crippen LogP contribution in [-0.2, 0) is 4.74 Å². The van der Waals surface area contributed by atoms with Gasteiger partial charge in [0, 0.05) is 45.4 Å². The molecule has 0 spiro atoms. The first kappa shape index (κ1) is 18.6. The van der Waals surface area contributed by atoms with Crippen molar-refractivity contribution in [2.75, 3.05) is 13.2 Å². The summed E-state index contributed by atoms with van der Waals surface area (Å²) in [6.45, 7) is 1.31. The Hall–Kier alpha value is -2.47. The first-order chi connectivity index (χ1) is 14.2. The minimum absolute atomic E-state index is 0.0734. The van der Waals surface area contributed by atoms with E-state index in [1.807, 2.05) is 54.7 Å². The lowest BCUT2D eigenvalue weighted by Gasteiger charge is -2.11. The molecule has 0 radical (unpaired) electrons. The lowest BCUT2D eigenvalue weighted by atomic mass is 10.0. The van der Waals surface area contributed by atoms with E-state index in [0.29, 0.717) is 16.4 Å². The van der Waals surface area contributed by atoms with Crippen LogP contribution in [-0.4, -0.2) is 30.1 Å². The summed E-state index contributed by atoms with van der Waals surface area (Å²) in [6, 6.07) is 15.7. The van der Waals surface area contributed by atoms with E-state index in [2.05, 4.69) is 10.3 Å². The van der Waals surface area contributed by atoms with Crippen LogP contribution in [0.5, 0.6) is 0 Å². The van der Waals surface area contributed by atoms with Gasteiger partial charge in [-0.15, -0.1) is 11.3 Å². The normalized spacial score (nSPS) is 16.5. The van der Waals surface area contributed by atoms with E-state index in [9.17, 15) is 4.79 Å². The Morgan fingerprint density at radius 1 is 1.21 bits per heavy atom. The zero-order valence-corrected chi connectivity index (χ0v) is 17.2. The molecule has 2 aromatic heterocycles. The quantitative estimate of drug-likeness (QED) is 0.460. The average molecular weight is 423 g/mol. The highest BCUT2D eigenvalue weighted by Gasteiger charge is 2.23. The summed E-state index contributed by atoms with van der Waals surface area (Å²) in [4.78, 5) is 18.5. The van der Waals surface area contributed by atoms with Crippen LogP contribution < -0.4 is 5.32 Å². The molecule has 1 saturated heterocycles. The molecular formula is C23H19ClN2O2S. The number of pyridine rings is 1. The highest BCUT2D eigenvalue weighted by atomic mass is 35.5. The van der Waals surface area contributed by atoms with E-state index in [-0.39, 0.29) is 12.0 Å². The number of nitrogens with one attached hydrogen (secondary N) is 1. The zero-order chi connectivity index (χ0) is 19.8. The van der Waals surface area contributed by atoms with Crippen molar-refractivity contribution in [2.45, 2.75) is 18.9 Å². The highest BCUT2D eigenvalue weighted by molar-refractivity contribution is 7.22. The van der Waals surface area contributed by atoms with Gasteiger partial charge < -0.3 is 10.1 Å². The van der Waals surface area contributed by atoms with Gasteiger partial charge in [-0.05, 0) is 36.6 Å². The van der Waals surface area contributed by atoms with Crippen LogP contribution in [0.3, 0.4) is 0 Å². The minimum Gasteiger partial charge on any atom is -0.376 e. The Kier molecular flexibility index (Phi) is 4.96. The number of carbonyl (C=O) groups is 1. The van der Waals surface area contributed by atoms with Crippen LogP contribution in [0.15, 0.2) is 54.7 Å². The van der Waals surface area contributed by atoms with Crippen molar-refractivity contribution < 1.29 is 9.53 Å². The summed E-state index contributed by atoms with van der Waals surface area (Å²) >= 11 is 7.75. The maximum Gasteiger partial charge on any atom is 0.262 e. The maximum atomic E-state index is 13.2. The Balaban J connectivity index is 1.65. The first-order valence-corrected chi connectivity index (χ1v) is 10.9. The maximum absolute atomic E-state index is 13.2. The summed E-state index contributed by atoms with van der Waals surface area (Å²) in [5.41, 5.74) is 2.79. The predicted octanol–water partition coefficient (Wildman–Crippen LogP) is 5.68. The number of fused-ring (bicyclic) bond motifs is 3. The topological polar surface area (TPSA) is 51.2 Å². The molecule has 1 aliphatic rings. The van der Waals surface area contributed by atoms with Gasteiger partial charge in [0.05, 0.1) is 11.6 Å². The number of benzene rings is 2. The molecule has 5 rings (SSSR count). The number of hydrogen-bond donors (Lipinski definition) is 1. The second kappa shape index (κ2) is 7.75. The van der Waals surface area contributed by atoms with Gasteiger partial charge in [-0.3, -0.25) is 9.78 Å². The number of carbonyl (C=O) groups excluding carboxylic acids is 1. The molecule has 1 amide bonds. The summed E-state index contributed by atoms with van der Waals surface area (Å²) in [5.74, 6) is -0.0734. The largest absolute Gasteiger partial charge is 0.376 e. The molecule has 6 heteroatoms. The summed E-state index contributed by atoms with van der Waals surface area (Å²) < 4.78 is 6.67. The van der Waals surface area contributed by atoms with E-state index in [1.165, 1.54) is 11.3 Å². The number of halogens is 1. The fraction of sp³-hybridized carbons (Fsp3) is 0.217. The Morgan fingerprint density at radius 3 is 2.86 bits per heavy atom. The second-order valence-corrected chi connectivity index (χ2v) is 8.64. The van der Waals surface area contributed by atoms with Gasteiger partial charge >= 0.3 is 0 Å². The molecule has 1 aliphatic heterocycles. The molecule has 0 unspecified atom stereocenters. The number of aromatic nitrogens is 1. The van der Waals surface area contributed by atoms with Crippen molar-refractivity contribution >= 4 is 49.8 Å². The van der Waals surface area contributed by atoms with Crippen LogP contribution in [0, 0.1) is 0 Å². The third-order valence-electron chi connectivity index (χ3n) is 5.26. The van der Waals surface area contributed by atoms with E-state index in [0.717, 1.165) is 51.6 Å². The van der Waals surface area contributed by atoms with Crippen LogP contribution in [0.1, 0.15) is 22.5 Å². The number of nitrogens with zero attached hydrogens (tertiary/aromatic N) is 1. The molecule has 2 aromatic carbocycles. The molecule has 3 heterocycles. The molecule has 1 fully saturated rings. The fourth-order valence-corrected chi connectivity index (χ4v) is 5.26. The van der Waals surface area contributed by atoms with E-state index >= 15 is 0 Å². The average Bonchev–Trinajstić information content (AvgIpc) is 3.40. The van der Waals surface area contributed by atoms with Crippen molar-refractivity contribution in [1.29, 1.82) is 0 Å². The number of amides is 1. The lowest BCUT2D eigenvalue weighted by Crippen LogP contribution is -2.31. The zero-order valence-electron chi connectivity index (χ0n) is 15.7. The SMILES string of the molecule is O=C(NC[C@H]1CCCO1)c1sc2c(cnc3ccc(Cl)cc32)c1-c1ccccc1. The Morgan fingerprint density at radius 2 is 2.07 bits per heavy atom. The van der Waals surface area contributed by atoms with Crippen molar-refractivity contribution in [2.24, 2.45) is 0 Å². The highest BCUT2D eigenvalue weighted by Crippen LogP contribution is 2.41. The summed E-state index contributed by atoms with van der Waals surface area (Å²) in [7, 11) is 0. The number of hydrogen-bond acceptors (Lipinski definition) is 4. The van der Waals surface area contributed by atoms with Gasteiger partial charge in [0.2, 0.25) is 0 Å². The molecule has 29 heavy (non-hydrogen) atoms. The van der Waals surface area contributed by atoms with Crippen LogP contribution in [0.25, 0.3) is 32.1 Å². The molecule has 4 nitrogen and oxygen atoms in total. The van der Waals surface area contributed by atoms with Gasteiger partial charge in [-0.2, -0.15) is 0 Å². The molecule has 0 bridgehead atoms. The third kappa shape index (κ3) is 3.50. The molecule has 1 atom stereocenters. The van der Waals surface area contributed by atoms with Crippen LogP contribution in [0.2, 0.25) is 5.02 Å². The summed E-state index contributed by atoms with van der Waals surface area (Å²) in [6.07, 6.45) is 4.01. The minimum atomic E-state index is -0.0734. The van der Waals surface area contributed by atoms with Gasteiger partial charge in [0.1, 0.15) is 4.88 Å². The molecule has 146 valence electrons. The smallest absolute Gasteiger partial charge is 0.262 e. The Labute approximate surface area is 177 Å². The molecule has 1 N–H and O–H groups in total. The van der Waals surface area contributed by atoms with E-state index < -0.39 is 0 Å². The van der Waals surface area contributed by atoms with E-state index in [4.69, 9.17) is 16.3 Å². The first-order valence-electron chi connectivity index (χ1n) is 9.66. The molecule has 0 saturated carbocycles.